The molecule has 5 nitrogen and oxygen atoms in total. The molecule has 0 fully saturated rings. The Morgan fingerprint density at radius 1 is 0.960 bits per heavy atom. The number of carbonyl (C=O) groups excluding carboxylic acids is 1. The minimum absolute atomic E-state index is 0.307. The first-order valence-corrected chi connectivity index (χ1v) is 8.12. The molecule has 0 aliphatic carbocycles. The number of amides is 1. The zero-order valence-electron chi connectivity index (χ0n) is 13.0. The second kappa shape index (κ2) is 7.42. The van der Waals surface area contributed by atoms with Crippen molar-refractivity contribution >= 4 is 52.0 Å². The molecule has 7 heteroatoms. The Kier molecular flexibility index (Phi) is 5.07. The molecule has 126 valence electrons. The highest BCUT2D eigenvalue weighted by atomic mass is 35.5. The minimum Gasteiger partial charge on any atom is -0.396 e. The van der Waals surface area contributed by atoms with Gasteiger partial charge in [-0.15, -0.1) is 0 Å². The number of hydrogen-bond donors (Lipinski definition) is 3. The van der Waals surface area contributed by atoms with Crippen molar-refractivity contribution < 1.29 is 4.79 Å². The van der Waals surface area contributed by atoms with Gasteiger partial charge in [0, 0.05) is 33.2 Å². The standard InChI is InChI=1S/C18H14Cl2N4O/c19-12-7-11(8-13(20)9-12)18(25)24-15-4-1-3-14(10-15)23-17-16(21)5-2-6-22-17/h1-10H,21H2,(H,22,23)(H,24,25). The molecule has 0 radical (unpaired) electrons. The molecule has 0 spiro atoms. The Balaban J connectivity index is 1.77. The molecule has 0 bridgehead atoms. The van der Waals surface area contributed by atoms with Gasteiger partial charge < -0.3 is 16.4 Å². The Bertz CT molecular complexity index is 910. The van der Waals surface area contributed by atoms with Gasteiger partial charge in [-0.2, -0.15) is 0 Å². The van der Waals surface area contributed by atoms with Crippen molar-refractivity contribution in [2.75, 3.05) is 16.4 Å². The molecule has 25 heavy (non-hydrogen) atoms. The molecule has 2 aromatic carbocycles. The number of nitrogen functional groups attached to an aromatic ring is 1. The third-order valence-corrected chi connectivity index (χ3v) is 3.78. The van der Waals surface area contributed by atoms with Crippen LogP contribution in [-0.2, 0) is 0 Å². The van der Waals surface area contributed by atoms with Crippen LogP contribution in [-0.4, -0.2) is 10.9 Å². The number of benzene rings is 2. The molecule has 0 unspecified atom stereocenters. The maximum atomic E-state index is 12.4. The first-order chi connectivity index (χ1) is 12.0. The summed E-state index contributed by atoms with van der Waals surface area (Å²) in [4.78, 5) is 16.5. The zero-order valence-corrected chi connectivity index (χ0v) is 14.5. The fraction of sp³-hybridized carbons (Fsp3) is 0. The Hall–Kier alpha value is -2.76. The summed E-state index contributed by atoms with van der Waals surface area (Å²) in [6, 6.07) is 15.4. The van der Waals surface area contributed by atoms with Crippen LogP contribution in [0.15, 0.2) is 60.8 Å². The van der Waals surface area contributed by atoms with E-state index in [0.717, 1.165) is 5.69 Å². The van der Waals surface area contributed by atoms with Crippen LogP contribution in [0, 0.1) is 0 Å². The van der Waals surface area contributed by atoms with Gasteiger partial charge in [-0.3, -0.25) is 4.79 Å². The molecule has 0 atom stereocenters. The van der Waals surface area contributed by atoms with Gasteiger partial charge in [-0.1, -0.05) is 29.3 Å². The van der Waals surface area contributed by atoms with E-state index >= 15 is 0 Å². The first-order valence-electron chi connectivity index (χ1n) is 7.36. The number of aromatic nitrogens is 1. The van der Waals surface area contributed by atoms with E-state index in [1.54, 1.807) is 48.7 Å². The van der Waals surface area contributed by atoms with Crippen LogP contribution in [0.2, 0.25) is 10.0 Å². The predicted octanol–water partition coefficient (Wildman–Crippen LogP) is 4.97. The van der Waals surface area contributed by atoms with Gasteiger partial charge in [0.2, 0.25) is 0 Å². The summed E-state index contributed by atoms with van der Waals surface area (Å²) in [6.45, 7) is 0. The summed E-state index contributed by atoms with van der Waals surface area (Å²) in [5.41, 5.74) is 8.14. The Morgan fingerprint density at radius 3 is 2.40 bits per heavy atom. The van der Waals surface area contributed by atoms with Gasteiger partial charge >= 0.3 is 0 Å². The van der Waals surface area contributed by atoms with Gasteiger partial charge in [0.25, 0.3) is 5.91 Å². The highest BCUT2D eigenvalue weighted by molar-refractivity contribution is 6.35. The summed E-state index contributed by atoms with van der Waals surface area (Å²) < 4.78 is 0. The topological polar surface area (TPSA) is 80.0 Å². The van der Waals surface area contributed by atoms with Gasteiger partial charge in [0.1, 0.15) is 0 Å². The van der Waals surface area contributed by atoms with E-state index in [-0.39, 0.29) is 5.91 Å². The molecular weight excluding hydrogens is 359 g/mol. The number of nitrogens with zero attached hydrogens (tertiary/aromatic N) is 1. The molecule has 3 aromatic rings. The van der Waals surface area contributed by atoms with Crippen LogP contribution >= 0.6 is 23.2 Å². The van der Waals surface area contributed by atoms with Crippen LogP contribution in [0.3, 0.4) is 0 Å². The van der Waals surface area contributed by atoms with Crippen LogP contribution in [0.25, 0.3) is 0 Å². The van der Waals surface area contributed by atoms with Gasteiger partial charge in [-0.25, -0.2) is 4.98 Å². The smallest absolute Gasteiger partial charge is 0.255 e. The van der Waals surface area contributed by atoms with Crippen LogP contribution < -0.4 is 16.4 Å². The summed E-state index contributed by atoms with van der Waals surface area (Å²) in [6.07, 6.45) is 1.65. The average Bonchev–Trinajstić information content (AvgIpc) is 2.56. The van der Waals surface area contributed by atoms with Crippen molar-refractivity contribution in [2.45, 2.75) is 0 Å². The van der Waals surface area contributed by atoms with Crippen molar-refractivity contribution in [3.8, 4) is 0 Å². The van der Waals surface area contributed by atoms with E-state index in [1.807, 2.05) is 12.1 Å². The number of anilines is 4. The second-order valence-electron chi connectivity index (χ2n) is 5.26. The molecule has 4 N–H and O–H groups in total. The summed E-state index contributed by atoms with van der Waals surface area (Å²) in [5, 5.41) is 6.72. The predicted molar refractivity (Wildman–Crippen MR) is 103 cm³/mol. The summed E-state index contributed by atoms with van der Waals surface area (Å²) >= 11 is 11.9. The lowest BCUT2D eigenvalue weighted by Crippen LogP contribution is -2.12. The van der Waals surface area contributed by atoms with Crippen molar-refractivity contribution in [3.63, 3.8) is 0 Å². The van der Waals surface area contributed by atoms with Crippen molar-refractivity contribution in [1.29, 1.82) is 0 Å². The molecule has 0 aliphatic heterocycles. The molecule has 0 aliphatic rings. The van der Waals surface area contributed by atoms with E-state index < -0.39 is 0 Å². The normalized spacial score (nSPS) is 10.3. The monoisotopic (exact) mass is 372 g/mol. The number of nitrogens with one attached hydrogen (secondary N) is 2. The van der Waals surface area contributed by atoms with Crippen molar-refractivity contribution in [2.24, 2.45) is 0 Å². The minimum atomic E-state index is -0.307. The fourth-order valence-corrected chi connectivity index (χ4v) is 2.75. The second-order valence-corrected chi connectivity index (χ2v) is 6.13. The summed E-state index contributed by atoms with van der Waals surface area (Å²) in [5.74, 6) is 0.242. The quantitative estimate of drug-likeness (QED) is 0.604. The van der Waals surface area contributed by atoms with Gasteiger partial charge in [0.05, 0.1) is 5.69 Å². The van der Waals surface area contributed by atoms with Crippen LogP contribution in [0.5, 0.6) is 0 Å². The Morgan fingerprint density at radius 2 is 1.68 bits per heavy atom. The van der Waals surface area contributed by atoms with Crippen LogP contribution in [0.1, 0.15) is 10.4 Å². The maximum absolute atomic E-state index is 12.4. The van der Waals surface area contributed by atoms with E-state index in [0.29, 0.717) is 32.8 Å². The molecule has 1 amide bonds. The lowest BCUT2D eigenvalue weighted by Gasteiger charge is -2.10. The molecule has 1 aromatic heterocycles. The number of carbonyl (C=O) groups is 1. The largest absolute Gasteiger partial charge is 0.396 e. The fourth-order valence-electron chi connectivity index (χ4n) is 2.22. The SMILES string of the molecule is Nc1cccnc1Nc1cccc(NC(=O)c2cc(Cl)cc(Cl)c2)c1. The van der Waals surface area contributed by atoms with Crippen molar-refractivity contribution in [3.05, 3.63) is 76.4 Å². The highest BCUT2D eigenvalue weighted by Crippen LogP contribution is 2.24. The van der Waals surface area contributed by atoms with Gasteiger partial charge in [-0.05, 0) is 48.5 Å². The molecule has 0 saturated heterocycles. The third-order valence-electron chi connectivity index (χ3n) is 3.35. The lowest BCUT2D eigenvalue weighted by atomic mass is 10.2. The molecule has 3 rings (SSSR count). The van der Waals surface area contributed by atoms with Gasteiger partial charge in [0.15, 0.2) is 5.82 Å². The first kappa shape index (κ1) is 17.1. The number of hydrogen-bond acceptors (Lipinski definition) is 4. The maximum Gasteiger partial charge on any atom is 0.255 e. The zero-order chi connectivity index (χ0) is 17.8. The average molecular weight is 373 g/mol. The van der Waals surface area contributed by atoms with E-state index in [2.05, 4.69) is 15.6 Å². The van der Waals surface area contributed by atoms with E-state index in [4.69, 9.17) is 28.9 Å². The van der Waals surface area contributed by atoms with Crippen molar-refractivity contribution in [1.82, 2.24) is 4.98 Å². The van der Waals surface area contributed by atoms with E-state index in [9.17, 15) is 4.79 Å². The number of pyridine rings is 1. The van der Waals surface area contributed by atoms with Crippen LogP contribution in [0.4, 0.5) is 22.9 Å². The number of nitrogens with two attached hydrogens (primary N) is 1. The Labute approximate surface area is 154 Å². The van der Waals surface area contributed by atoms with E-state index in [1.165, 1.54) is 0 Å². The number of halogens is 2. The highest BCUT2D eigenvalue weighted by Gasteiger charge is 2.09. The number of rotatable bonds is 4. The lowest BCUT2D eigenvalue weighted by molar-refractivity contribution is 0.102. The third kappa shape index (κ3) is 4.41. The molecule has 0 saturated carbocycles. The molecule has 1 heterocycles. The molecular formula is C18H14Cl2N4O. The summed E-state index contributed by atoms with van der Waals surface area (Å²) in [7, 11) is 0.